The summed E-state index contributed by atoms with van der Waals surface area (Å²) < 4.78 is 1.26. The molecule has 0 unspecified atom stereocenters. The summed E-state index contributed by atoms with van der Waals surface area (Å²) in [6.07, 6.45) is 8.00. The molecule has 0 aliphatic rings. The second-order valence-corrected chi connectivity index (χ2v) is 9.28. The van der Waals surface area contributed by atoms with Gasteiger partial charge in [-0.25, -0.2) is 9.97 Å². The number of H-pyrrole nitrogens is 2. The minimum absolute atomic E-state index is 0.0387. The van der Waals surface area contributed by atoms with Crippen LogP contribution in [0, 0.1) is 0 Å². The number of anilines is 1. The molecule has 202 valence electrons. The molecule has 0 aliphatic heterocycles. The Bertz CT molecular complexity index is 1860. The van der Waals surface area contributed by atoms with Gasteiger partial charge in [0.25, 0.3) is 11.5 Å². The van der Waals surface area contributed by atoms with Crippen LogP contribution in [0.3, 0.4) is 0 Å². The number of benzene rings is 2. The van der Waals surface area contributed by atoms with Crippen LogP contribution in [0.15, 0.2) is 103 Å². The van der Waals surface area contributed by atoms with Crippen LogP contribution >= 0.6 is 0 Å². The first-order valence-corrected chi connectivity index (χ1v) is 12.8. The van der Waals surface area contributed by atoms with Crippen molar-refractivity contribution in [3.05, 3.63) is 119 Å². The van der Waals surface area contributed by atoms with Crippen molar-refractivity contribution in [1.29, 1.82) is 0 Å². The van der Waals surface area contributed by atoms with E-state index < -0.39 is 11.5 Å². The van der Waals surface area contributed by atoms with E-state index in [1.54, 1.807) is 61.3 Å². The maximum absolute atomic E-state index is 13.6. The maximum Gasteiger partial charge on any atom is 0.278 e. The summed E-state index contributed by atoms with van der Waals surface area (Å²) in [5.74, 6) is -0.554. The van der Waals surface area contributed by atoms with Crippen molar-refractivity contribution >= 4 is 28.4 Å². The summed E-state index contributed by atoms with van der Waals surface area (Å²) in [5, 5.41) is 6.43. The monoisotopic (exact) mass is 544 g/mol. The predicted molar refractivity (Wildman–Crippen MR) is 154 cm³/mol. The second-order valence-electron chi connectivity index (χ2n) is 9.28. The number of carbonyl (C=O) groups excluding carboxylic acids is 2. The summed E-state index contributed by atoms with van der Waals surface area (Å²) in [6.45, 7) is -0.0538. The van der Waals surface area contributed by atoms with E-state index in [1.165, 1.54) is 10.8 Å². The Morgan fingerprint density at radius 2 is 1.73 bits per heavy atom. The van der Waals surface area contributed by atoms with Gasteiger partial charge in [-0.1, -0.05) is 42.5 Å². The lowest BCUT2D eigenvalue weighted by molar-refractivity contribution is -0.121. The first-order valence-electron chi connectivity index (χ1n) is 12.8. The fraction of sp³-hybridized carbons (Fsp3) is 0.0667. The van der Waals surface area contributed by atoms with E-state index in [0.717, 1.165) is 27.9 Å². The van der Waals surface area contributed by atoms with Gasteiger partial charge in [0.05, 0.1) is 31.0 Å². The summed E-state index contributed by atoms with van der Waals surface area (Å²) in [4.78, 5) is 58.4. The lowest BCUT2D eigenvalue weighted by Gasteiger charge is -2.14. The molecule has 6 rings (SSSR count). The van der Waals surface area contributed by atoms with E-state index in [0.29, 0.717) is 17.0 Å². The number of nitrogens with zero attached hydrogens (tertiary/aromatic N) is 4. The highest BCUT2D eigenvalue weighted by atomic mass is 16.2. The lowest BCUT2D eigenvalue weighted by Crippen LogP contribution is -2.35. The number of rotatable bonds is 8. The van der Waals surface area contributed by atoms with Crippen LogP contribution in [0.5, 0.6) is 0 Å². The molecule has 6 aromatic rings. The number of hydrogen-bond donors (Lipinski definition) is 4. The van der Waals surface area contributed by atoms with Crippen molar-refractivity contribution in [3.8, 4) is 22.6 Å². The van der Waals surface area contributed by atoms with Gasteiger partial charge in [-0.2, -0.15) is 0 Å². The van der Waals surface area contributed by atoms with Gasteiger partial charge in [0.15, 0.2) is 0 Å². The van der Waals surface area contributed by atoms with Crippen LogP contribution in [-0.4, -0.2) is 41.3 Å². The number of pyridine rings is 1. The Hall–Kier alpha value is -5.84. The molecule has 4 N–H and O–H groups in total. The molecule has 2 amide bonds. The molecule has 4 heterocycles. The Balaban J connectivity index is 1.23. The summed E-state index contributed by atoms with van der Waals surface area (Å²) >= 11 is 0. The molecule has 4 aromatic heterocycles. The molecular formula is C30H24N8O3. The fourth-order valence-electron chi connectivity index (χ4n) is 4.47. The number of fused-ring (bicyclic) bond motifs is 1. The van der Waals surface area contributed by atoms with Crippen LogP contribution in [0.25, 0.3) is 33.5 Å². The number of aromatic nitrogens is 6. The molecule has 0 atom stereocenters. The average molecular weight is 545 g/mol. The van der Waals surface area contributed by atoms with Crippen molar-refractivity contribution < 1.29 is 9.59 Å². The van der Waals surface area contributed by atoms with Gasteiger partial charge < -0.3 is 20.6 Å². The van der Waals surface area contributed by atoms with Crippen molar-refractivity contribution in [3.63, 3.8) is 0 Å². The third kappa shape index (κ3) is 5.50. The third-order valence-corrected chi connectivity index (χ3v) is 6.54. The SMILES string of the molecule is O=C(Cn1c(-c2ccccc2)ncc(NC(=O)c2ccc(-c3cnc[nH]3)cc2)c1=O)NCc1cc2cnccc2[nH]1. The van der Waals surface area contributed by atoms with Crippen LogP contribution in [0.4, 0.5) is 5.69 Å². The Morgan fingerprint density at radius 1 is 0.902 bits per heavy atom. The van der Waals surface area contributed by atoms with Gasteiger partial charge in [0, 0.05) is 40.1 Å². The van der Waals surface area contributed by atoms with Gasteiger partial charge in [-0.05, 0) is 29.8 Å². The highest BCUT2D eigenvalue weighted by molar-refractivity contribution is 6.04. The highest BCUT2D eigenvalue weighted by Crippen LogP contribution is 2.19. The van der Waals surface area contributed by atoms with Gasteiger partial charge in [-0.3, -0.25) is 23.9 Å². The molecule has 11 nitrogen and oxygen atoms in total. The van der Waals surface area contributed by atoms with Crippen LogP contribution in [0.2, 0.25) is 0 Å². The zero-order valence-electron chi connectivity index (χ0n) is 21.7. The molecule has 0 fully saturated rings. The van der Waals surface area contributed by atoms with Crippen molar-refractivity contribution in [2.24, 2.45) is 0 Å². The first kappa shape index (κ1) is 25.4. The molecule has 0 saturated heterocycles. The summed E-state index contributed by atoms with van der Waals surface area (Å²) in [5.41, 5.74) is 3.83. The number of imidazole rings is 1. The van der Waals surface area contributed by atoms with E-state index in [4.69, 9.17) is 0 Å². The van der Waals surface area contributed by atoms with E-state index in [1.807, 2.05) is 30.3 Å². The molecular weight excluding hydrogens is 520 g/mol. The van der Waals surface area contributed by atoms with E-state index in [9.17, 15) is 14.4 Å². The summed E-state index contributed by atoms with van der Waals surface area (Å²) in [7, 11) is 0. The van der Waals surface area contributed by atoms with E-state index in [2.05, 4.69) is 35.6 Å². The van der Waals surface area contributed by atoms with Gasteiger partial charge >= 0.3 is 0 Å². The van der Waals surface area contributed by atoms with E-state index >= 15 is 0 Å². The zero-order valence-corrected chi connectivity index (χ0v) is 21.7. The van der Waals surface area contributed by atoms with Gasteiger partial charge in [0.1, 0.15) is 18.1 Å². The van der Waals surface area contributed by atoms with E-state index in [-0.39, 0.29) is 24.7 Å². The number of hydrogen-bond acceptors (Lipinski definition) is 6. The van der Waals surface area contributed by atoms with Crippen LogP contribution in [0.1, 0.15) is 16.1 Å². The van der Waals surface area contributed by atoms with Crippen LogP contribution < -0.4 is 16.2 Å². The number of amides is 2. The second kappa shape index (κ2) is 11.1. The normalized spacial score (nSPS) is 10.9. The number of nitrogens with one attached hydrogen (secondary N) is 4. The minimum Gasteiger partial charge on any atom is -0.357 e. The molecule has 11 heteroatoms. The molecule has 0 aliphatic carbocycles. The smallest absolute Gasteiger partial charge is 0.278 e. The summed E-state index contributed by atoms with van der Waals surface area (Å²) in [6, 6.07) is 19.7. The number of carbonyl (C=O) groups is 2. The fourth-order valence-corrected chi connectivity index (χ4v) is 4.47. The highest BCUT2D eigenvalue weighted by Gasteiger charge is 2.17. The quantitative estimate of drug-likeness (QED) is 0.229. The molecule has 0 spiro atoms. The molecule has 0 radical (unpaired) electrons. The van der Waals surface area contributed by atoms with Gasteiger partial charge in [-0.15, -0.1) is 0 Å². The Kier molecular flexibility index (Phi) is 6.89. The zero-order chi connectivity index (χ0) is 28.2. The Labute approximate surface area is 233 Å². The standard InChI is InChI=1S/C30H24N8O3/c39-27(33-14-23-12-22-13-31-11-10-24(22)36-23)17-38-28(20-4-2-1-3-5-20)34-16-26(30(38)41)37-29(40)21-8-6-19(7-9-21)25-15-32-18-35-25/h1-13,15-16,18,36H,14,17H2,(H,32,35)(H,33,39)(H,37,40). The Morgan fingerprint density at radius 3 is 2.49 bits per heavy atom. The lowest BCUT2D eigenvalue weighted by atomic mass is 10.1. The number of aromatic amines is 2. The van der Waals surface area contributed by atoms with Crippen molar-refractivity contribution in [2.45, 2.75) is 13.1 Å². The first-order chi connectivity index (χ1) is 20.0. The molecule has 2 aromatic carbocycles. The largest absolute Gasteiger partial charge is 0.357 e. The maximum atomic E-state index is 13.6. The predicted octanol–water partition coefficient (Wildman–Crippen LogP) is 3.75. The van der Waals surface area contributed by atoms with Gasteiger partial charge in [0.2, 0.25) is 5.91 Å². The minimum atomic E-state index is -0.548. The topological polar surface area (TPSA) is 150 Å². The van der Waals surface area contributed by atoms with Crippen molar-refractivity contribution in [2.75, 3.05) is 5.32 Å². The molecule has 0 bridgehead atoms. The molecule has 0 saturated carbocycles. The van der Waals surface area contributed by atoms with Crippen molar-refractivity contribution in [1.82, 2.24) is 34.8 Å². The average Bonchev–Trinajstić information content (AvgIpc) is 3.69. The third-order valence-electron chi connectivity index (χ3n) is 6.54. The molecule has 41 heavy (non-hydrogen) atoms. The van der Waals surface area contributed by atoms with Crippen LogP contribution in [-0.2, 0) is 17.9 Å².